The van der Waals surface area contributed by atoms with Crippen molar-refractivity contribution in [1.29, 1.82) is 0 Å². The number of benzene rings is 2. The van der Waals surface area contributed by atoms with Crippen LogP contribution in [0.2, 0.25) is 0 Å². The van der Waals surface area contributed by atoms with Gasteiger partial charge < -0.3 is 4.98 Å². The molecule has 25 heavy (non-hydrogen) atoms. The minimum atomic E-state index is 0.653. The van der Waals surface area contributed by atoms with E-state index in [0.29, 0.717) is 5.92 Å². The van der Waals surface area contributed by atoms with E-state index in [1.54, 1.807) is 0 Å². The van der Waals surface area contributed by atoms with Crippen molar-refractivity contribution in [2.45, 2.75) is 33.6 Å². The van der Waals surface area contributed by atoms with Crippen LogP contribution in [0.4, 0.5) is 0 Å². The molecule has 1 heterocycles. The maximum atomic E-state index is 4.32. The van der Waals surface area contributed by atoms with Gasteiger partial charge >= 0.3 is 34.5 Å². The third-order valence-corrected chi connectivity index (χ3v) is 3.72. The molecule has 1 aromatic heterocycles. The van der Waals surface area contributed by atoms with Gasteiger partial charge in [-0.1, -0.05) is 55.3 Å². The van der Waals surface area contributed by atoms with Crippen molar-refractivity contribution in [2.24, 2.45) is 0 Å². The summed E-state index contributed by atoms with van der Waals surface area (Å²) in [4.78, 5) is 4.32. The molecule has 0 N–H and O–H groups in total. The number of nitrogens with zero attached hydrogens (tertiary/aromatic N) is 1. The first-order valence-electron chi connectivity index (χ1n) is 8.16. The number of aromatic nitrogens is 1. The molecule has 0 amide bonds. The average Bonchev–Trinajstić information content (AvgIpc) is 2.65. The molecule has 0 saturated carbocycles. The molecule has 0 aliphatic heterocycles. The van der Waals surface area contributed by atoms with Crippen LogP contribution in [0.1, 0.15) is 36.5 Å². The predicted molar refractivity (Wildman–Crippen MR) is 113 cm³/mol. The van der Waals surface area contributed by atoms with Gasteiger partial charge in [-0.15, -0.1) is 35.9 Å². The van der Waals surface area contributed by atoms with E-state index in [2.05, 4.69) is 104 Å². The number of halogens is 1. The Labute approximate surface area is 173 Å². The summed E-state index contributed by atoms with van der Waals surface area (Å²) < 4.78 is 0. The Bertz CT molecular complexity index is 725. The molecule has 0 fully saturated rings. The molecule has 1 nitrogen and oxygen atoms in total. The molecular weight excluding hydrogens is 506 g/mol. The summed E-state index contributed by atoms with van der Waals surface area (Å²) in [5.41, 5.74) is 6.02. The van der Waals surface area contributed by atoms with Crippen LogP contribution in [0.5, 0.6) is 0 Å². The summed E-state index contributed by atoms with van der Waals surface area (Å²) in [7, 11) is 0. The zero-order valence-electron chi connectivity index (χ0n) is 15.1. The van der Waals surface area contributed by atoms with Crippen LogP contribution < -0.4 is 0 Å². The zero-order valence-corrected chi connectivity index (χ0v) is 19.0. The molecule has 0 bridgehead atoms. The Hall–Kier alpha value is -1.06. The van der Waals surface area contributed by atoms with E-state index in [9.17, 15) is 0 Å². The second-order valence-electron chi connectivity index (χ2n) is 6.01. The first-order chi connectivity index (χ1) is 12.1. The van der Waals surface area contributed by atoms with Crippen LogP contribution in [0.3, 0.4) is 0 Å². The SMILES string of the molecule is Cc1ccc(C(C)C)cc1.Cc1cccnc1-c1[c-]cccc1.[Ru+][I]. The van der Waals surface area contributed by atoms with E-state index in [0.717, 1.165) is 11.3 Å². The van der Waals surface area contributed by atoms with Crippen molar-refractivity contribution in [1.82, 2.24) is 4.98 Å². The average molecular weight is 530 g/mol. The molecule has 3 aromatic rings. The molecule has 2 aromatic carbocycles. The molecule has 0 radical (unpaired) electrons. The molecule has 3 heteroatoms. The van der Waals surface area contributed by atoms with Crippen LogP contribution in [0, 0.1) is 19.9 Å². The van der Waals surface area contributed by atoms with Gasteiger partial charge in [0.15, 0.2) is 0 Å². The van der Waals surface area contributed by atoms with Gasteiger partial charge in [-0.25, -0.2) is 0 Å². The van der Waals surface area contributed by atoms with Crippen molar-refractivity contribution in [3.05, 3.63) is 89.6 Å². The number of rotatable bonds is 2. The molecule has 132 valence electrons. The van der Waals surface area contributed by atoms with Crippen molar-refractivity contribution >= 4 is 19.8 Å². The van der Waals surface area contributed by atoms with Gasteiger partial charge in [0.05, 0.1) is 0 Å². The monoisotopic (exact) mass is 531 g/mol. The quantitative estimate of drug-likeness (QED) is 0.201. The Morgan fingerprint density at radius 1 is 0.920 bits per heavy atom. The fourth-order valence-electron chi connectivity index (χ4n) is 2.26. The second kappa shape index (κ2) is 12.3. The van der Waals surface area contributed by atoms with Crippen LogP contribution in [0.15, 0.2) is 66.9 Å². The van der Waals surface area contributed by atoms with E-state index in [-0.39, 0.29) is 0 Å². The first-order valence-corrected chi connectivity index (χ1v) is 13.3. The summed E-state index contributed by atoms with van der Waals surface area (Å²) in [5, 5.41) is 0. The van der Waals surface area contributed by atoms with Crippen molar-refractivity contribution < 1.29 is 14.8 Å². The van der Waals surface area contributed by atoms with Gasteiger partial charge in [-0.05, 0) is 37.1 Å². The van der Waals surface area contributed by atoms with E-state index < -0.39 is 0 Å². The van der Waals surface area contributed by atoms with E-state index in [1.807, 2.05) is 36.5 Å². The van der Waals surface area contributed by atoms with E-state index in [1.165, 1.54) is 16.7 Å². The Kier molecular flexibility index (Phi) is 10.8. The van der Waals surface area contributed by atoms with Gasteiger partial charge in [0.25, 0.3) is 0 Å². The predicted octanol–water partition coefficient (Wildman–Crippen LogP) is 6.86. The maximum absolute atomic E-state index is 4.32. The third kappa shape index (κ3) is 7.79. The molecule has 0 saturated heterocycles. The molecular formula is C22H24INRu. The second-order valence-corrected chi connectivity index (χ2v) is 6.01. The summed E-state index contributed by atoms with van der Waals surface area (Å²) in [6, 6.07) is 23.8. The van der Waals surface area contributed by atoms with Gasteiger partial charge in [0.2, 0.25) is 0 Å². The zero-order chi connectivity index (χ0) is 18.7. The van der Waals surface area contributed by atoms with Crippen molar-refractivity contribution in [3.63, 3.8) is 0 Å². The molecule has 0 unspecified atom stereocenters. The number of hydrogen-bond acceptors (Lipinski definition) is 1. The van der Waals surface area contributed by atoms with Gasteiger partial charge in [0.1, 0.15) is 0 Å². The first kappa shape index (κ1) is 22.0. The summed E-state index contributed by atoms with van der Waals surface area (Å²) in [6.07, 6.45) is 1.81. The molecule has 3 rings (SSSR count). The molecule has 0 atom stereocenters. The van der Waals surface area contributed by atoms with Gasteiger partial charge in [-0.3, -0.25) is 0 Å². The summed E-state index contributed by atoms with van der Waals surface area (Å²) in [6.45, 7) is 8.60. The Balaban J connectivity index is 0.000000235. The van der Waals surface area contributed by atoms with Gasteiger partial charge in [0, 0.05) is 6.20 Å². The summed E-state index contributed by atoms with van der Waals surface area (Å²) in [5.74, 6) is 0.653. The fraction of sp³-hybridized carbons (Fsp3) is 0.227. The third-order valence-electron chi connectivity index (χ3n) is 3.72. The molecule has 0 aliphatic rings. The molecule has 0 spiro atoms. The Morgan fingerprint density at radius 3 is 2.12 bits per heavy atom. The van der Waals surface area contributed by atoms with Crippen LogP contribution >= 0.6 is 19.8 Å². The fourth-order valence-corrected chi connectivity index (χ4v) is 2.26. The van der Waals surface area contributed by atoms with Crippen LogP contribution in [0.25, 0.3) is 11.3 Å². The van der Waals surface area contributed by atoms with Crippen molar-refractivity contribution in [3.8, 4) is 11.3 Å². The number of hydrogen-bond donors (Lipinski definition) is 0. The normalized spacial score (nSPS) is 9.56. The standard InChI is InChI=1S/C12H10N.C10H14.HI.Ru/c1-10-6-5-9-13-12(10)11-7-3-2-4-8-11;1-8(2)10-6-4-9(3)5-7-10;;/h2-7,9H,1H3;4-8H,1-3H3;1H;/q-1;;;+2/p-1. The van der Waals surface area contributed by atoms with Crippen LogP contribution in [-0.2, 0) is 14.8 Å². The number of aryl methyl sites for hydroxylation is 2. The van der Waals surface area contributed by atoms with E-state index in [4.69, 9.17) is 0 Å². The topological polar surface area (TPSA) is 12.9 Å². The summed E-state index contributed by atoms with van der Waals surface area (Å²) >= 11 is 4.40. The van der Waals surface area contributed by atoms with Crippen molar-refractivity contribution in [2.75, 3.05) is 0 Å². The Morgan fingerprint density at radius 2 is 1.60 bits per heavy atom. The minimum absolute atomic E-state index is 0.653. The number of pyridine rings is 1. The van der Waals surface area contributed by atoms with Gasteiger partial charge in [-0.2, -0.15) is 0 Å². The van der Waals surface area contributed by atoms with Crippen LogP contribution in [-0.4, -0.2) is 4.98 Å². The molecule has 0 aliphatic carbocycles. The van der Waals surface area contributed by atoms with E-state index >= 15 is 0 Å².